The van der Waals surface area contributed by atoms with E-state index in [1.54, 1.807) is 0 Å². The molecule has 0 radical (unpaired) electrons. The molecule has 6 N–H and O–H groups in total. The molecule has 2 saturated carbocycles. The largest absolute Gasteiger partial charge is 0.467 e. The lowest BCUT2D eigenvalue weighted by molar-refractivity contribution is -0.125. The van der Waals surface area contributed by atoms with Crippen LogP contribution in [0.25, 0.3) is 0 Å². The molecule has 20 nitrogen and oxygen atoms in total. The summed E-state index contributed by atoms with van der Waals surface area (Å²) in [5.74, 6) is -3.06. The summed E-state index contributed by atoms with van der Waals surface area (Å²) < 4.78 is 50.3. The van der Waals surface area contributed by atoms with E-state index in [0.717, 1.165) is 82.1 Å². The van der Waals surface area contributed by atoms with E-state index < -0.39 is 46.7 Å². The van der Waals surface area contributed by atoms with Crippen molar-refractivity contribution in [3.8, 4) is 12.0 Å². The zero-order valence-electron chi connectivity index (χ0n) is 41.6. The Labute approximate surface area is 429 Å². The van der Waals surface area contributed by atoms with E-state index in [9.17, 15) is 23.6 Å². The van der Waals surface area contributed by atoms with E-state index in [2.05, 4.69) is 64.1 Å². The van der Waals surface area contributed by atoms with Crippen LogP contribution in [0.1, 0.15) is 82.3 Å². The van der Waals surface area contributed by atoms with Crippen molar-refractivity contribution in [1.82, 2.24) is 46.3 Å². The van der Waals surface area contributed by atoms with Crippen LogP contribution in [0.15, 0.2) is 60.7 Å². The molecule has 0 bridgehead atoms. The van der Waals surface area contributed by atoms with Gasteiger partial charge in [0.2, 0.25) is 23.4 Å². The van der Waals surface area contributed by atoms with E-state index >= 15 is 4.39 Å². The summed E-state index contributed by atoms with van der Waals surface area (Å²) in [6.45, 7) is 6.30. The smallest absolute Gasteiger partial charge is 0.407 e. The number of benzene rings is 2. The Morgan fingerprint density at radius 1 is 0.644 bits per heavy atom. The predicted octanol–water partition coefficient (Wildman–Crippen LogP) is 7.18. The van der Waals surface area contributed by atoms with Crippen LogP contribution in [0.3, 0.4) is 0 Å². The fourth-order valence-corrected chi connectivity index (χ4v) is 9.08. The molecule has 2 aromatic heterocycles. The third-order valence-corrected chi connectivity index (χ3v) is 13.3. The topological polar surface area (TPSA) is 235 Å². The number of alkyl carbamates (subject to hydrolysis) is 2. The molecule has 23 heteroatoms. The minimum atomic E-state index is -0.923. The SMILES string of the molecule is CCN1CCN(c2nc(OC)nc(NNC(=O)[C@@H](CNC(=O)OCc3ccccc3)CC3CCCC3)c2F)CC1.COc1nc(Cl)c(F)c(NNC(=O)[C@@H](CNC(=O)OCc2ccccc2)CC2CCCC2)n1. The van der Waals surface area contributed by atoms with Crippen molar-refractivity contribution in [3.05, 3.63) is 88.6 Å². The first kappa shape index (κ1) is 55.5. The van der Waals surface area contributed by atoms with E-state index in [1.807, 2.05) is 65.6 Å². The molecule has 396 valence electrons. The predicted molar refractivity (Wildman–Crippen MR) is 269 cm³/mol. The normalized spacial score (nSPS) is 15.7. The first-order valence-electron chi connectivity index (χ1n) is 24.8. The second-order valence-electron chi connectivity index (χ2n) is 18.1. The summed E-state index contributed by atoms with van der Waals surface area (Å²) >= 11 is 5.73. The van der Waals surface area contributed by atoms with Crippen molar-refractivity contribution in [1.29, 1.82) is 0 Å². The Hall–Kier alpha value is -6.81. The number of amides is 4. The molecule has 0 unspecified atom stereocenters. The number of piperazine rings is 1. The van der Waals surface area contributed by atoms with Crippen LogP contribution in [0.5, 0.6) is 12.0 Å². The number of methoxy groups -OCH3 is 2. The maximum atomic E-state index is 15.5. The number of rotatable bonds is 22. The van der Waals surface area contributed by atoms with Gasteiger partial charge in [-0.05, 0) is 42.3 Å². The van der Waals surface area contributed by atoms with Crippen LogP contribution in [-0.4, -0.2) is 109 Å². The molecule has 73 heavy (non-hydrogen) atoms. The molecular formula is C50H67ClF2N12O8. The van der Waals surface area contributed by atoms with Crippen LogP contribution in [-0.2, 0) is 32.3 Å². The Morgan fingerprint density at radius 3 is 1.52 bits per heavy atom. The number of nitrogens with zero attached hydrogens (tertiary/aromatic N) is 6. The summed E-state index contributed by atoms with van der Waals surface area (Å²) in [7, 11) is 2.72. The van der Waals surface area contributed by atoms with Crippen molar-refractivity contribution in [2.45, 2.75) is 84.3 Å². The van der Waals surface area contributed by atoms with Gasteiger partial charge in [-0.15, -0.1) is 0 Å². The molecule has 3 heterocycles. The Bertz CT molecular complexity index is 2380. The van der Waals surface area contributed by atoms with Crippen molar-refractivity contribution >= 4 is 53.1 Å². The molecule has 1 saturated heterocycles. The van der Waals surface area contributed by atoms with E-state index in [1.165, 1.54) is 14.2 Å². The van der Waals surface area contributed by atoms with Crippen molar-refractivity contribution in [2.75, 3.05) is 75.8 Å². The third-order valence-electron chi connectivity index (χ3n) is 13.0. The van der Waals surface area contributed by atoms with E-state index in [4.69, 9.17) is 30.5 Å². The van der Waals surface area contributed by atoms with E-state index in [-0.39, 0.29) is 61.7 Å². The third kappa shape index (κ3) is 17.7. The highest BCUT2D eigenvalue weighted by molar-refractivity contribution is 6.29. The lowest BCUT2D eigenvalue weighted by Crippen LogP contribution is -2.47. The summed E-state index contributed by atoms with van der Waals surface area (Å²) in [5, 5.41) is 4.93. The quantitative estimate of drug-likeness (QED) is 0.0338. The number of aromatic nitrogens is 4. The van der Waals surface area contributed by atoms with Gasteiger partial charge in [-0.25, -0.2) is 9.59 Å². The Morgan fingerprint density at radius 2 is 1.08 bits per heavy atom. The minimum Gasteiger partial charge on any atom is -0.467 e. The molecular weight excluding hydrogens is 970 g/mol. The molecule has 7 rings (SSSR count). The summed E-state index contributed by atoms with van der Waals surface area (Å²) in [6.07, 6.45) is 8.63. The fourth-order valence-electron chi connectivity index (χ4n) is 8.92. The standard InChI is InChI=1S/C28H40FN7O4.C22H27ClFN5O4/c1-3-35-13-15-36(16-14-35)25-23(29)24(31-27(32-25)39-2)33-34-26(37)22(17-20-9-7-8-10-20)18-30-28(38)40-19-21-11-5-4-6-12-21;1-32-21-26-18(23)17(24)19(27-21)28-29-20(30)16(11-14-7-5-6-8-14)12-25-22(31)33-13-15-9-3-2-4-10-15/h4-6,11-12,20,22H,3,7-10,13-19H2,1-2H3,(H,30,38)(H,34,37)(H,31,32,33);2-4,9-10,14,16H,5-8,11-13H2,1H3,(H,25,31)(H,29,30)(H,26,27,28)/t22-;16-/m11/s1. The number of carbonyl (C=O) groups is 4. The molecule has 1 aliphatic heterocycles. The average molecular weight is 1040 g/mol. The molecule has 3 fully saturated rings. The number of ether oxygens (including phenoxy) is 4. The number of anilines is 3. The van der Waals surface area contributed by atoms with Gasteiger partial charge in [-0.3, -0.25) is 31.3 Å². The van der Waals surface area contributed by atoms with Crippen molar-refractivity contribution in [2.24, 2.45) is 23.7 Å². The number of hydrazine groups is 2. The molecule has 4 aromatic rings. The second kappa shape index (κ2) is 29.0. The molecule has 3 aliphatic rings. The van der Waals surface area contributed by atoms with Gasteiger partial charge in [-0.2, -0.15) is 28.7 Å². The highest BCUT2D eigenvalue weighted by atomic mass is 35.5. The zero-order valence-corrected chi connectivity index (χ0v) is 42.4. The Kier molecular flexibility index (Phi) is 22.1. The molecule has 2 aliphatic carbocycles. The number of nitrogens with one attached hydrogen (secondary N) is 6. The highest BCUT2D eigenvalue weighted by Crippen LogP contribution is 2.32. The lowest BCUT2D eigenvalue weighted by Gasteiger charge is -2.35. The minimum absolute atomic E-state index is 0.00333. The van der Waals surface area contributed by atoms with Crippen LogP contribution < -0.4 is 46.7 Å². The lowest BCUT2D eigenvalue weighted by atomic mass is 9.92. The van der Waals surface area contributed by atoms with Crippen LogP contribution in [0, 0.1) is 35.3 Å². The number of hydrogen-bond donors (Lipinski definition) is 6. The molecule has 4 amide bonds. The van der Waals surface area contributed by atoms with Gasteiger partial charge in [0.05, 0.1) is 26.1 Å². The fraction of sp³-hybridized carbons (Fsp3) is 0.520. The molecule has 0 spiro atoms. The maximum Gasteiger partial charge on any atom is 0.407 e. The first-order chi connectivity index (χ1) is 35.4. The van der Waals surface area contributed by atoms with Gasteiger partial charge in [0, 0.05) is 39.3 Å². The highest BCUT2D eigenvalue weighted by Gasteiger charge is 2.29. The van der Waals surface area contributed by atoms with Gasteiger partial charge in [0.1, 0.15) is 13.2 Å². The first-order valence-corrected chi connectivity index (χ1v) is 25.2. The summed E-state index contributed by atoms with van der Waals surface area (Å²) in [4.78, 5) is 70.4. The van der Waals surface area contributed by atoms with Crippen LogP contribution in [0.2, 0.25) is 5.15 Å². The zero-order chi connectivity index (χ0) is 52.0. The monoisotopic (exact) mass is 1040 g/mol. The average Bonchev–Trinajstić information content (AvgIpc) is 4.16. The number of carbonyl (C=O) groups excluding carboxylic acids is 4. The van der Waals surface area contributed by atoms with E-state index in [0.29, 0.717) is 37.8 Å². The molecule has 2 aromatic carbocycles. The Balaban J connectivity index is 0.000000243. The van der Waals surface area contributed by atoms with Crippen molar-refractivity contribution in [3.63, 3.8) is 0 Å². The summed E-state index contributed by atoms with van der Waals surface area (Å²) in [6, 6.07) is 18.5. The van der Waals surface area contributed by atoms with Crippen LogP contribution in [0.4, 0.5) is 35.8 Å². The second-order valence-corrected chi connectivity index (χ2v) is 18.4. The maximum absolute atomic E-state index is 15.5. The van der Waals surface area contributed by atoms with Gasteiger partial charge >= 0.3 is 24.2 Å². The van der Waals surface area contributed by atoms with Crippen molar-refractivity contribution < 1.29 is 46.9 Å². The molecule has 2 atom stereocenters. The van der Waals surface area contributed by atoms with Gasteiger partial charge in [-0.1, -0.05) is 131 Å². The number of hydrogen-bond acceptors (Lipinski definition) is 16. The van der Waals surface area contributed by atoms with Gasteiger partial charge < -0.3 is 39.4 Å². The summed E-state index contributed by atoms with van der Waals surface area (Å²) in [5.41, 5.74) is 11.9. The van der Waals surface area contributed by atoms with Gasteiger partial charge in [0.15, 0.2) is 22.6 Å². The number of halogens is 3. The van der Waals surface area contributed by atoms with Crippen LogP contribution >= 0.6 is 11.6 Å². The number of likely N-dealkylation sites (N-methyl/N-ethyl adjacent to an activating group) is 1. The van der Waals surface area contributed by atoms with Gasteiger partial charge in [0.25, 0.3) is 0 Å².